The number of halogens is 1. The Morgan fingerprint density at radius 2 is 1.58 bits per heavy atom. The van der Waals surface area contributed by atoms with Gasteiger partial charge in [0.25, 0.3) is 0 Å². The minimum atomic E-state index is -3.58. The van der Waals surface area contributed by atoms with Crippen LogP contribution < -0.4 is 10.0 Å². The first-order valence-electron chi connectivity index (χ1n) is 8.23. The zero-order valence-electron chi connectivity index (χ0n) is 15.0. The average Bonchev–Trinajstić information content (AvgIpc) is 2.59. The van der Waals surface area contributed by atoms with Crippen molar-refractivity contribution in [2.24, 2.45) is 0 Å². The van der Waals surface area contributed by atoms with Gasteiger partial charge in [0.2, 0.25) is 15.9 Å². The van der Waals surface area contributed by atoms with Crippen LogP contribution >= 0.6 is 11.6 Å². The number of amides is 1. The first kappa shape index (κ1) is 20.4. The van der Waals surface area contributed by atoms with E-state index in [4.69, 9.17) is 11.6 Å². The van der Waals surface area contributed by atoms with E-state index in [-0.39, 0.29) is 23.9 Å². The van der Waals surface area contributed by atoms with Gasteiger partial charge < -0.3 is 5.32 Å². The Kier molecular flexibility index (Phi) is 6.44. The standard InChI is InChI=1S/C19H23ClN2O3S/c1-14-4-10-17(11-5-14)26(24,25)22-13-12-21-18(23)19(2,3)15-6-8-16(20)9-7-15/h4-11,22H,12-13H2,1-3H3,(H,21,23). The summed E-state index contributed by atoms with van der Waals surface area (Å²) in [6, 6.07) is 13.7. The van der Waals surface area contributed by atoms with Crippen molar-refractivity contribution in [1.82, 2.24) is 10.0 Å². The molecule has 0 fully saturated rings. The molecular weight excluding hydrogens is 372 g/mol. The second kappa shape index (κ2) is 8.20. The van der Waals surface area contributed by atoms with Crippen molar-refractivity contribution in [3.63, 3.8) is 0 Å². The molecule has 26 heavy (non-hydrogen) atoms. The topological polar surface area (TPSA) is 75.3 Å². The number of hydrogen-bond acceptors (Lipinski definition) is 3. The van der Waals surface area contributed by atoms with Gasteiger partial charge in [-0.25, -0.2) is 13.1 Å². The van der Waals surface area contributed by atoms with Gasteiger partial charge in [-0.3, -0.25) is 4.79 Å². The summed E-state index contributed by atoms with van der Waals surface area (Å²) in [6.45, 7) is 5.81. The molecule has 0 heterocycles. The Hall–Kier alpha value is -1.89. The van der Waals surface area contributed by atoms with Gasteiger partial charge in [0, 0.05) is 18.1 Å². The lowest BCUT2D eigenvalue weighted by Crippen LogP contribution is -2.43. The highest BCUT2D eigenvalue weighted by molar-refractivity contribution is 7.89. The Balaban J connectivity index is 1.89. The van der Waals surface area contributed by atoms with Crippen LogP contribution in [0, 0.1) is 6.92 Å². The second-order valence-electron chi connectivity index (χ2n) is 6.60. The fourth-order valence-electron chi connectivity index (χ4n) is 2.38. The van der Waals surface area contributed by atoms with Crippen LogP contribution in [0.15, 0.2) is 53.4 Å². The molecule has 0 bridgehead atoms. The van der Waals surface area contributed by atoms with Crippen LogP contribution in [0.5, 0.6) is 0 Å². The van der Waals surface area contributed by atoms with Gasteiger partial charge in [-0.15, -0.1) is 0 Å². The molecule has 0 saturated heterocycles. The van der Waals surface area contributed by atoms with Gasteiger partial charge in [-0.2, -0.15) is 0 Å². The van der Waals surface area contributed by atoms with Gasteiger partial charge in [0.05, 0.1) is 10.3 Å². The zero-order chi connectivity index (χ0) is 19.4. The summed E-state index contributed by atoms with van der Waals surface area (Å²) in [6.07, 6.45) is 0. The van der Waals surface area contributed by atoms with E-state index < -0.39 is 15.4 Å². The lowest BCUT2D eigenvalue weighted by atomic mass is 9.84. The van der Waals surface area contributed by atoms with Gasteiger partial charge in [0.15, 0.2) is 0 Å². The summed E-state index contributed by atoms with van der Waals surface area (Å²) in [5, 5.41) is 3.38. The maximum absolute atomic E-state index is 12.5. The normalized spacial score (nSPS) is 12.0. The second-order valence-corrected chi connectivity index (χ2v) is 8.80. The third-order valence-electron chi connectivity index (χ3n) is 4.17. The van der Waals surface area contributed by atoms with E-state index in [2.05, 4.69) is 10.0 Å². The molecular formula is C19H23ClN2O3S. The first-order valence-corrected chi connectivity index (χ1v) is 10.1. The summed E-state index contributed by atoms with van der Waals surface area (Å²) < 4.78 is 26.9. The smallest absolute Gasteiger partial charge is 0.240 e. The highest BCUT2D eigenvalue weighted by Crippen LogP contribution is 2.24. The van der Waals surface area contributed by atoms with Crippen molar-refractivity contribution in [2.45, 2.75) is 31.1 Å². The monoisotopic (exact) mass is 394 g/mol. The average molecular weight is 395 g/mol. The number of carbonyl (C=O) groups excluding carboxylic acids is 1. The largest absolute Gasteiger partial charge is 0.354 e. The minimum Gasteiger partial charge on any atom is -0.354 e. The molecule has 0 spiro atoms. The molecule has 2 aromatic rings. The number of carbonyl (C=O) groups is 1. The summed E-state index contributed by atoms with van der Waals surface area (Å²) in [7, 11) is -3.58. The molecule has 0 aliphatic heterocycles. The van der Waals surface area contributed by atoms with Gasteiger partial charge >= 0.3 is 0 Å². The van der Waals surface area contributed by atoms with Crippen LogP contribution in [0.2, 0.25) is 5.02 Å². The van der Waals surface area contributed by atoms with Gasteiger partial charge in [-0.05, 0) is 50.6 Å². The van der Waals surface area contributed by atoms with Crippen LogP contribution in [-0.2, 0) is 20.2 Å². The van der Waals surface area contributed by atoms with E-state index in [1.54, 1.807) is 36.4 Å². The van der Waals surface area contributed by atoms with E-state index in [0.717, 1.165) is 11.1 Å². The van der Waals surface area contributed by atoms with Gasteiger partial charge in [-0.1, -0.05) is 41.4 Å². The zero-order valence-corrected chi connectivity index (χ0v) is 16.6. The lowest BCUT2D eigenvalue weighted by Gasteiger charge is -2.24. The molecule has 7 heteroatoms. The molecule has 2 N–H and O–H groups in total. The van der Waals surface area contributed by atoms with Crippen LogP contribution in [0.25, 0.3) is 0 Å². The lowest BCUT2D eigenvalue weighted by molar-refractivity contribution is -0.125. The molecule has 1 amide bonds. The molecule has 0 radical (unpaired) electrons. The molecule has 0 aliphatic rings. The Bertz CT molecular complexity index is 861. The van der Waals surface area contributed by atoms with Crippen LogP contribution in [0.3, 0.4) is 0 Å². The predicted molar refractivity (Wildman–Crippen MR) is 104 cm³/mol. The summed E-state index contributed by atoms with van der Waals surface area (Å²) in [4.78, 5) is 12.7. The third-order valence-corrected chi connectivity index (χ3v) is 5.90. The van der Waals surface area contributed by atoms with Crippen LogP contribution in [-0.4, -0.2) is 27.4 Å². The van der Waals surface area contributed by atoms with Crippen molar-refractivity contribution >= 4 is 27.5 Å². The van der Waals surface area contributed by atoms with Crippen molar-refractivity contribution < 1.29 is 13.2 Å². The molecule has 0 saturated carbocycles. The molecule has 0 aromatic heterocycles. The number of sulfonamides is 1. The van der Waals surface area contributed by atoms with E-state index in [1.165, 1.54) is 0 Å². The number of hydrogen-bond donors (Lipinski definition) is 2. The fourth-order valence-corrected chi connectivity index (χ4v) is 3.54. The van der Waals surface area contributed by atoms with Crippen LogP contribution in [0.1, 0.15) is 25.0 Å². The quantitative estimate of drug-likeness (QED) is 0.709. The SMILES string of the molecule is Cc1ccc(S(=O)(=O)NCCNC(=O)C(C)(C)c2ccc(Cl)cc2)cc1. The van der Waals surface area contributed by atoms with Crippen molar-refractivity contribution in [3.05, 3.63) is 64.7 Å². The number of aryl methyl sites for hydroxylation is 1. The highest BCUT2D eigenvalue weighted by Gasteiger charge is 2.29. The minimum absolute atomic E-state index is 0.110. The molecule has 0 unspecified atom stereocenters. The number of nitrogens with one attached hydrogen (secondary N) is 2. The molecule has 5 nitrogen and oxygen atoms in total. The van der Waals surface area contributed by atoms with Crippen LogP contribution in [0.4, 0.5) is 0 Å². The van der Waals surface area contributed by atoms with E-state index in [1.807, 2.05) is 32.9 Å². The first-order chi connectivity index (χ1) is 12.1. The molecule has 2 aromatic carbocycles. The van der Waals surface area contributed by atoms with Crippen molar-refractivity contribution in [1.29, 1.82) is 0 Å². The Morgan fingerprint density at radius 3 is 2.15 bits per heavy atom. The Labute approximate surface area is 159 Å². The molecule has 0 atom stereocenters. The maximum atomic E-state index is 12.5. The van der Waals surface area contributed by atoms with E-state index >= 15 is 0 Å². The van der Waals surface area contributed by atoms with E-state index in [0.29, 0.717) is 5.02 Å². The highest BCUT2D eigenvalue weighted by atomic mass is 35.5. The molecule has 2 rings (SSSR count). The number of rotatable bonds is 7. The third kappa shape index (κ3) is 5.06. The summed E-state index contributed by atoms with van der Waals surface area (Å²) >= 11 is 5.88. The summed E-state index contributed by atoms with van der Waals surface area (Å²) in [5.74, 6) is -0.186. The molecule has 0 aliphatic carbocycles. The predicted octanol–water partition coefficient (Wildman–Crippen LogP) is 3.02. The number of benzene rings is 2. The Morgan fingerprint density at radius 1 is 1.00 bits per heavy atom. The fraction of sp³-hybridized carbons (Fsp3) is 0.316. The van der Waals surface area contributed by atoms with Gasteiger partial charge in [0.1, 0.15) is 0 Å². The van der Waals surface area contributed by atoms with Crippen molar-refractivity contribution in [3.8, 4) is 0 Å². The maximum Gasteiger partial charge on any atom is 0.240 e. The van der Waals surface area contributed by atoms with E-state index in [9.17, 15) is 13.2 Å². The van der Waals surface area contributed by atoms with Crippen molar-refractivity contribution in [2.75, 3.05) is 13.1 Å². The molecule has 140 valence electrons. The summed E-state index contributed by atoms with van der Waals surface area (Å²) in [5.41, 5.74) is 1.07.